The first-order valence-electron chi connectivity index (χ1n) is 8.50. The van der Waals surface area contributed by atoms with E-state index in [0.29, 0.717) is 0 Å². The van der Waals surface area contributed by atoms with Crippen LogP contribution in [-0.2, 0) is 12.6 Å². The van der Waals surface area contributed by atoms with Crippen LogP contribution >= 0.6 is 0 Å². The molecule has 1 aromatic carbocycles. The predicted octanol–water partition coefficient (Wildman–Crippen LogP) is 2.95. The van der Waals surface area contributed by atoms with Gasteiger partial charge in [0.15, 0.2) is 5.82 Å². The van der Waals surface area contributed by atoms with Crippen LogP contribution in [-0.4, -0.2) is 20.8 Å². The van der Waals surface area contributed by atoms with Gasteiger partial charge in [-0.2, -0.15) is 0 Å². The number of carbonyl (C=O) groups is 1. The summed E-state index contributed by atoms with van der Waals surface area (Å²) >= 11 is 0. The first kappa shape index (κ1) is 16.5. The van der Waals surface area contributed by atoms with Crippen molar-refractivity contribution in [2.45, 2.75) is 51.1 Å². The van der Waals surface area contributed by atoms with Crippen LogP contribution in [0.3, 0.4) is 0 Å². The van der Waals surface area contributed by atoms with Crippen LogP contribution in [0, 0.1) is 6.92 Å². The zero-order valence-corrected chi connectivity index (χ0v) is 14.5. The Morgan fingerprint density at radius 1 is 1.33 bits per heavy atom. The van der Waals surface area contributed by atoms with Crippen LogP contribution in [0.15, 0.2) is 30.6 Å². The lowest BCUT2D eigenvalue weighted by molar-refractivity contribution is 0.221. The van der Waals surface area contributed by atoms with Crippen molar-refractivity contribution in [1.29, 1.82) is 0 Å². The number of nitrogens with zero attached hydrogens (tertiary/aromatic N) is 3. The highest BCUT2D eigenvalue weighted by molar-refractivity contribution is 5.75. The van der Waals surface area contributed by atoms with Gasteiger partial charge in [-0.3, -0.25) is 0 Å². The molecule has 1 heterocycles. The van der Waals surface area contributed by atoms with Crippen molar-refractivity contribution in [1.82, 2.24) is 25.4 Å². The van der Waals surface area contributed by atoms with Gasteiger partial charge in [-0.1, -0.05) is 42.7 Å². The Morgan fingerprint density at radius 2 is 2.08 bits per heavy atom. The molecule has 128 valence electrons. The van der Waals surface area contributed by atoms with Crippen molar-refractivity contribution in [3.63, 3.8) is 0 Å². The fourth-order valence-corrected chi connectivity index (χ4v) is 3.61. The summed E-state index contributed by atoms with van der Waals surface area (Å²) in [6.07, 6.45) is 5.85. The Morgan fingerprint density at radius 3 is 2.71 bits per heavy atom. The lowest BCUT2D eigenvalue weighted by Gasteiger charge is -2.32. The molecule has 0 radical (unpaired) electrons. The van der Waals surface area contributed by atoms with Crippen molar-refractivity contribution in [2.24, 2.45) is 7.05 Å². The van der Waals surface area contributed by atoms with Crippen molar-refractivity contribution >= 4 is 6.03 Å². The maximum atomic E-state index is 12.6. The third kappa shape index (κ3) is 3.27. The predicted molar refractivity (Wildman–Crippen MR) is 92.4 cm³/mol. The Hall–Kier alpha value is -2.37. The zero-order chi connectivity index (χ0) is 17.2. The third-order valence-electron chi connectivity index (χ3n) is 4.86. The number of urea groups is 1. The Labute approximate surface area is 142 Å². The van der Waals surface area contributed by atoms with E-state index in [1.807, 2.05) is 18.5 Å². The Balaban J connectivity index is 1.74. The smallest absolute Gasteiger partial charge is 0.316 e. The molecule has 0 spiro atoms. The summed E-state index contributed by atoms with van der Waals surface area (Å²) < 4.78 is 1.82. The summed E-state index contributed by atoms with van der Waals surface area (Å²) in [5.41, 5.74) is 2.14. The summed E-state index contributed by atoms with van der Waals surface area (Å²) in [6.45, 7) is 4.00. The molecule has 1 atom stereocenters. The van der Waals surface area contributed by atoms with E-state index in [-0.39, 0.29) is 17.6 Å². The van der Waals surface area contributed by atoms with Crippen molar-refractivity contribution in [3.05, 3.63) is 47.5 Å². The van der Waals surface area contributed by atoms with E-state index < -0.39 is 0 Å². The molecule has 24 heavy (non-hydrogen) atoms. The number of aryl methyl sites for hydroxylation is 2. The van der Waals surface area contributed by atoms with Crippen molar-refractivity contribution in [2.75, 3.05) is 0 Å². The molecule has 0 saturated heterocycles. The SMILES string of the molecule is Cc1cccc(C2(NC(=O)NC(C)c3nncn3C)CCCC2)c1. The highest BCUT2D eigenvalue weighted by Gasteiger charge is 2.37. The molecular formula is C18H25N5O. The Kier molecular flexibility index (Phi) is 4.55. The van der Waals surface area contributed by atoms with Gasteiger partial charge in [0.25, 0.3) is 0 Å². The van der Waals surface area contributed by atoms with Gasteiger partial charge in [0.1, 0.15) is 6.33 Å². The van der Waals surface area contributed by atoms with Crippen LogP contribution in [0.5, 0.6) is 0 Å². The third-order valence-corrected chi connectivity index (χ3v) is 4.86. The van der Waals surface area contributed by atoms with Crippen LogP contribution in [0.2, 0.25) is 0 Å². The minimum Gasteiger partial charge on any atom is -0.329 e. The number of benzene rings is 1. The van der Waals surface area contributed by atoms with Crippen LogP contribution in [0.25, 0.3) is 0 Å². The Bertz CT molecular complexity index is 718. The van der Waals surface area contributed by atoms with Gasteiger partial charge < -0.3 is 15.2 Å². The molecule has 2 N–H and O–H groups in total. The van der Waals surface area contributed by atoms with Crippen LogP contribution in [0.1, 0.15) is 55.6 Å². The molecule has 1 aliphatic carbocycles. The summed E-state index contributed by atoms with van der Waals surface area (Å²) in [5, 5.41) is 14.2. The van der Waals surface area contributed by atoms with E-state index >= 15 is 0 Å². The molecule has 2 amide bonds. The largest absolute Gasteiger partial charge is 0.329 e. The van der Waals surface area contributed by atoms with E-state index in [1.165, 1.54) is 11.1 Å². The summed E-state index contributed by atoms with van der Waals surface area (Å²) in [4.78, 5) is 12.6. The number of nitrogens with one attached hydrogen (secondary N) is 2. The maximum Gasteiger partial charge on any atom is 0.316 e. The van der Waals surface area contributed by atoms with Crippen molar-refractivity contribution in [3.8, 4) is 0 Å². The minimum atomic E-state index is -0.268. The molecule has 3 rings (SSSR count). The van der Waals surface area contributed by atoms with Gasteiger partial charge >= 0.3 is 6.03 Å². The number of aromatic nitrogens is 3. The van der Waals surface area contributed by atoms with Gasteiger partial charge in [0.05, 0.1) is 11.6 Å². The van der Waals surface area contributed by atoms with E-state index in [9.17, 15) is 4.79 Å². The molecule has 6 nitrogen and oxygen atoms in total. The molecule has 1 saturated carbocycles. The second-order valence-electron chi connectivity index (χ2n) is 6.78. The van der Waals surface area contributed by atoms with Gasteiger partial charge in [0, 0.05) is 7.05 Å². The second-order valence-corrected chi connectivity index (χ2v) is 6.78. The summed E-state index contributed by atoms with van der Waals surface area (Å²) in [5.74, 6) is 0.737. The van der Waals surface area contributed by atoms with Gasteiger partial charge in [-0.05, 0) is 32.3 Å². The highest BCUT2D eigenvalue weighted by Crippen LogP contribution is 2.39. The van der Waals surface area contributed by atoms with Crippen molar-refractivity contribution < 1.29 is 4.79 Å². The molecule has 2 aromatic rings. The monoisotopic (exact) mass is 327 g/mol. The number of hydrogen-bond acceptors (Lipinski definition) is 3. The fraction of sp³-hybridized carbons (Fsp3) is 0.500. The topological polar surface area (TPSA) is 71.8 Å². The zero-order valence-electron chi connectivity index (χ0n) is 14.5. The molecular weight excluding hydrogens is 302 g/mol. The van der Waals surface area contributed by atoms with E-state index in [1.54, 1.807) is 6.33 Å². The molecule has 1 unspecified atom stereocenters. The first-order chi connectivity index (χ1) is 11.5. The fourth-order valence-electron chi connectivity index (χ4n) is 3.61. The van der Waals surface area contributed by atoms with Gasteiger partial charge in [-0.25, -0.2) is 4.79 Å². The number of rotatable bonds is 4. The number of hydrogen-bond donors (Lipinski definition) is 2. The van der Waals surface area contributed by atoms with Gasteiger partial charge in [-0.15, -0.1) is 10.2 Å². The molecule has 0 aliphatic heterocycles. The normalized spacial score (nSPS) is 17.5. The molecule has 6 heteroatoms. The summed E-state index contributed by atoms with van der Waals surface area (Å²) in [7, 11) is 1.87. The van der Waals surface area contributed by atoms with Crippen LogP contribution in [0.4, 0.5) is 4.79 Å². The van der Waals surface area contributed by atoms with E-state index in [4.69, 9.17) is 0 Å². The maximum absolute atomic E-state index is 12.6. The average Bonchev–Trinajstić information content (AvgIpc) is 3.17. The highest BCUT2D eigenvalue weighted by atomic mass is 16.2. The first-order valence-corrected chi connectivity index (χ1v) is 8.50. The summed E-state index contributed by atoms with van der Waals surface area (Å²) in [6, 6.07) is 8.08. The van der Waals surface area contributed by atoms with Crippen LogP contribution < -0.4 is 10.6 Å². The lowest BCUT2D eigenvalue weighted by atomic mass is 9.87. The molecule has 1 fully saturated rings. The lowest BCUT2D eigenvalue weighted by Crippen LogP contribution is -2.49. The molecule has 0 bridgehead atoms. The standard InChI is InChI=1S/C18H25N5O/c1-13-7-6-8-15(11-13)18(9-4-5-10-18)21-17(24)20-14(2)16-22-19-12-23(16)3/h6-8,11-12,14H,4-5,9-10H2,1-3H3,(H2,20,21,24). The second kappa shape index (κ2) is 6.63. The average molecular weight is 327 g/mol. The number of amides is 2. The number of carbonyl (C=O) groups excluding carboxylic acids is 1. The van der Waals surface area contributed by atoms with E-state index in [0.717, 1.165) is 31.5 Å². The van der Waals surface area contributed by atoms with E-state index in [2.05, 4.69) is 52.0 Å². The van der Waals surface area contributed by atoms with Gasteiger partial charge in [0.2, 0.25) is 0 Å². The molecule has 1 aromatic heterocycles. The molecule has 1 aliphatic rings. The quantitative estimate of drug-likeness (QED) is 0.907. The minimum absolute atomic E-state index is 0.158.